The van der Waals surface area contributed by atoms with E-state index in [1.54, 1.807) is 26.2 Å². The first-order chi connectivity index (χ1) is 12.5. The van der Waals surface area contributed by atoms with Crippen LogP contribution in [0.15, 0.2) is 60.6 Å². The van der Waals surface area contributed by atoms with Crippen LogP contribution in [-0.4, -0.2) is 38.6 Å². The van der Waals surface area contributed by atoms with Gasteiger partial charge in [0.2, 0.25) is 0 Å². The standard InChI is InChI=1S/C21H28O5/c1-7-9-16-10-11-19(20(12-16)25-6)26-15(3)21(22)17(8-2)13-18(24-5)14-23-4/h7-15,21-22H,2H2,1,3-6H3/t15-,21-/m0/s1. The normalized spacial score (nSPS) is 14.7. The van der Waals surface area contributed by atoms with Gasteiger partial charge in [-0.25, -0.2) is 0 Å². The highest BCUT2D eigenvalue weighted by Crippen LogP contribution is 2.30. The van der Waals surface area contributed by atoms with E-state index >= 15 is 0 Å². The van der Waals surface area contributed by atoms with E-state index in [0.29, 0.717) is 22.8 Å². The molecule has 0 heterocycles. The number of hydrogen-bond donors (Lipinski definition) is 1. The average Bonchev–Trinajstić information content (AvgIpc) is 2.65. The van der Waals surface area contributed by atoms with Gasteiger partial charge in [0.15, 0.2) is 17.3 Å². The SMILES string of the molecule is C=CC(=CC(=COC)OC)[C@@H](O)[C@H](C)Oc1ccc(C=CC)cc1OC. The number of rotatable bonds is 10. The molecule has 0 fully saturated rings. The van der Waals surface area contributed by atoms with Gasteiger partial charge in [-0.15, -0.1) is 0 Å². The Bertz CT molecular complexity index is 673. The van der Waals surface area contributed by atoms with Crippen molar-refractivity contribution < 1.29 is 24.1 Å². The monoisotopic (exact) mass is 360 g/mol. The summed E-state index contributed by atoms with van der Waals surface area (Å²) in [6.07, 6.45) is 7.10. The Kier molecular flexibility index (Phi) is 9.09. The van der Waals surface area contributed by atoms with E-state index in [4.69, 9.17) is 18.9 Å². The van der Waals surface area contributed by atoms with E-state index in [1.807, 2.05) is 37.3 Å². The number of aliphatic hydroxyl groups excluding tert-OH is 1. The highest BCUT2D eigenvalue weighted by atomic mass is 16.5. The van der Waals surface area contributed by atoms with Gasteiger partial charge in [-0.2, -0.15) is 0 Å². The molecule has 0 radical (unpaired) electrons. The van der Waals surface area contributed by atoms with E-state index in [2.05, 4.69) is 6.58 Å². The predicted octanol–water partition coefficient (Wildman–Crippen LogP) is 4.10. The van der Waals surface area contributed by atoms with Crippen molar-refractivity contribution in [2.24, 2.45) is 0 Å². The highest BCUT2D eigenvalue weighted by molar-refractivity contribution is 5.55. The van der Waals surface area contributed by atoms with Crippen LogP contribution >= 0.6 is 0 Å². The molecule has 1 N–H and O–H groups in total. The van der Waals surface area contributed by atoms with Gasteiger partial charge in [0.1, 0.15) is 18.5 Å². The molecule has 1 aromatic carbocycles. The number of benzene rings is 1. The Balaban J connectivity index is 3.01. The third-order valence-electron chi connectivity index (χ3n) is 3.66. The molecule has 0 spiro atoms. The highest BCUT2D eigenvalue weighted by Gasteiger charge is 2.21. The van der Waals surface area contributed by atoms with Gasteiger partial charge in [-0.3, -0.25) is 0 Å². The van der Waals surface area contributed by atoms with Crippen molar-refractivity contribution in [1.82, 2.24) is 0 Å². The fraction of sp³-hybridized carbons (Fsp3) is 0.333. The van der Waals surface area contributed by atoms with Crippen LogP contribution in [0.3, 0.4) is 0 Å². The molecule has 0 amide bonds. The van der Waals surface area contributed by atoms with Crippen LogP contribution in [0.2, 0.25) is 0 Å². The van der Waals surface area contributed by atoms with E-state index in [9.17, 15) is 5.11 Å². The van der Waals surface area contributed by atoms with Gasteiger partial charge in [-0.05, 0) is 43.2 Å². The topological polar surface area (TPSA) is 57.2 Å². The number of aliphatic hydroxyl groups is 1. The largest absolute Gasteiger partial charge is 0.501 e. The zero-order valence-electron chi connectivity index (χ0n) is 16.1. The average molecular weight is 360 g/mol. The lowest BCUT2D eigenvalue weighted by molar-refractivity contribution is 0.0716. The number of allylic oxidation sites excluding steroid dienone is 2. The summed E-state index contributed by atoms with van der Waals surface area (Å²) in [5.74, 6) is 1.61. The van der Waals surface area contributed by atoms with Gasteiger partial charge >= 0.3 is 0 Å². The first-order valence-corrected chi connectivity index (χ1v) is 8.27. The summed E-state index contributed by atoms with van der Waals surface area (Å²) >= 11 is 0. The Morgan fingerprint density at radius 3 is 2.46 bits per heavy atom. The first-order valence-electron chi connectivity index (χ1n) is 8.27. The fourth-order valence-electron chi connectivity index (χ4n) is 2.30. The summed E-state index contributed by atoms with van der Waals surface area (Å²) in [6.45, 7) is 7.47. The third-order valence-corrected chi connectivity index (χ3v) is 3.66. The molecule has 0 aliphatic rings. The lowest BCUT2D eigenvalue weighted by Crippen LogP contribution is -2.30. The maximum absolute atomic E-state index is 10.6. The molecular formula is C21H28O5. The smallest absolute Gasteiger partial charge is 0.161 e. The van der Waals surface area contributed by atoms with Gasteiger partial charge in [0.05, 0.1) is 21.3 Å². The third kappa shape index (κ3) is 6.01. The molecule has 0 aromatic heterocycles. The van der Waals surface area contributed by atoms with Gasteiger partial charge < -0.3 is 24.1 Å². The molecule has 0 saturated carbocycles. The minimum Gasteiger partial charge on any atom is -0.501 e. The van der Waals surface area contributed by atoms with Crippen molar-refractivity contribution in [2.75, 3.05) is 21.3 Å². The summed E-state index contributed by atoms with van der Waals surface area (Å²) in [7, 11) is 4.62. The molecule has 5 heteroatoms. The zero-order chi connectivity index (χ0) is 19.5. The van der Waals surface area contributed by atoms with Gasteiger partial charge in [-0.1, -0.05) is 30.9 Å². The Morgan fingerprint density at radius 2 is 1.92 bits per heavy atom. The predicted molar refractivity (Wildman–Crippen MR) is 104 cm³/mol. The summed E-state index contributed by atoms with van der Waals surface area (Å²) in [5, 5.41) is 10.6. The second-order valence-electron chi connectivity index (χ2n) is 5.49. The maximum atomic E-state index is 10.6. The molecule has 1 aromatic rings. The fourth-order valence-corrected chi connectivity index (χ4v) is 2.30. The molecule has 0 unspecified atom stereocenters. The van der Waals surface area contributed by atoms with Crippen LogP contribution in [-0.2, 0) is 9.47 Å². The lowest BCUT2D eigenvalue weighted by atomic mass is 10.0. The van der Waals surface area contributed by atoms with Crippen LogP contribution in [0.25, 0.3) is 6.08 Å². The molecule has 142 valence electrons. The van der Waals surface area contributed by atoms with Gasteiger partial charge in [0, 0.05) is 0 Å². The van der Waals surface area contributed by atoms with Gasteiger partial charge in [0.25, 0.3) is 0 Å². The molecule has 26 heavy (non-hydrogen) atoms. The zero-order valence-corrected chi connectivity index (χ0v) is 16.1. The summed E-state index contributed by atoms with van der Waals surface area (Å²) in [4.78, 5) is 0. The van der Waals surface area contributed by atoms with Crippen LogP contribution in [0.4, 0.5) is 0 Å². The molecule has 0 aliphatic carbocycles. The van der Waals surface area contributed by atoms with E-state index in [0.717, 1.165) is 5.56 Å². The van der Waals surface area contributed by atoms with Crippen molar-refractivity contribution in [3.05, 3.63) is 66.2 Å². The molecule has 1 rings (SSSR count). The first kappa shape index (κ1) is 21.4. The Labute approximate surface area is 155 Å². The second-order valence-corrected chi connectivity index (χ2v) is 5.49. The lowest BCUT2D eigenvalue weighted by Gasteiger charge is -2.23. The van der Waals surface area contributed by atoms with Crippen molar-refractivity contribution in [3.63, 3.8) is 0 Å². The Hall–Kier alpha value is -2.66. The Morgan fingerprint density at radius 1 is 1.19 bits per heavy atom. The number of hydrogen-bond acceptors (Lipinski definition) is 5. The van der Waals surface area contributed by atoms with E-state index in [-0.39, 0.29) is 0 Å². The number of methoxy groups -OCH3 is 3. The molecule has 0 bridgehead atoms. The minimum absolute atomic E-state index is 0.460. The van der Waals surface area contributed by atoms with Crippen LogP contribution < -0.4 is 9.47 Å². The molecule has 0 saturated heterocycles. The van der Waals surface area contributed by atoms with E-state index < -0.39 is 12.2 Å². The van der Waals surface area contributed by atoms with Crippen LogP contribution in [0.5, 0.6) is 11.5 Å². The van der Waals surface area contributed by atoms with E-state index in [1.165, 1.54) is 20.5 Å². The maximum Gasteiger partial charge on any atom is 0.161 e. The summed E-state index contributed by atoms with van der Waals surface area (Å²) < 4.78 is 21.4. The molecular weight excluding hydrogens is 332 g/mol. The minimum atomic E-state index is -0.914. The van der Waals surface area contributed by atoms with Crippen molar-refractivity contribution in [1.29, 1.82) is 0 Å². The van der Waals surface area contributed by atoms with Crippen molar-refractivity contribution in [2.45, 2.75) is 26.1 Å². The number of ether oxygens (including phenoxy) is 4. The molecule has 5 nitrogen and oxygen atoms in total. The van der Waals surface area contributed by atoms with Crippen molar-refractivity contribution in [3.8, 4) is 11.5 Å². The van der Waals surface area contributed by atoms with Crippen molar-refractivity contribution >= 4 is 6.08 Å². The summed E-state index contributed by atoms with van der Waals surface area (Å²) in [6, 6.07) is 5.62. The summed E-state index contributed by atoms with van der Waals surface area (Å²) in [5.41, 5.74) is 1.55. The second kappa shape index (κ2) is 11.1. The van der Waals surface area contributed by atoms with Crippen LogP contribution in [0, 0.1) is 0 Å². The van der Waals surface area contributed by atoms with Crippen LogP contribution in [0.1, 0.15) is 19.4 Å². The molecule has 2 atom stereocenters. The quantitative estimate of drug-likeness (QED) is 0.503. The molecule has 0 aliphatic heterocycles.